The minimum absolute atomic E-state index is 0.0623. The maximum atomic E-state index is 12.9. The second kappa shape index (κ2) is 8.00. The fraction of sp³-hybridized carbons (Fsp3) is 0.421. The van der Waals surface area contributed by atoms with Gasteiger partial charge in [-0.15, -0.1) is 27.8 Å². The second-order valence-electron chi connectivity index (χ2n) is 7.22. The van der Waals surface area contributed by atoms with Crippen molar-refractivity contribution < 1.29 is 0 Å². The van der Waals surface area contributed by atoms with Crippen LogP contribution in [0.25, 0.3) is 20.7 Å². The first-order valence-corrected chi connectivity index (χ1v) is 12.3. The number of hydrogen-bond donors (Lipinski definition) is 1. The summed E-state index contributed by atoms with van der Waals surface area (Å²) in [6.45, 7) is 2.03. The van der Waals surface area contributed by atoms with E-state index in [0.717, 1.165) is 33.3 Å². The van der Waals surface area contributed by atoms with Crippen LogP contribution in [0.3, 0.4) is 0 Å². The molecule has 0 amide bonds. The van der Waals surface area contributed by atoms with Crippen LogP contribution in [0.15, 0.2) is 32.8 Å². The van der Waals surface area contributed by atoms with Crippen molar-refractivity contribution >= 4 is 44.7 Å². The van der Waals surface area contributed by atoms with E-state index in [9.17, 15) is 4.79 Å². The molecule has 1 aliphatic rings. The van der Waals surface area contributed by atoms with Crippen LogP contribution in [0.2, 0.25) is 0 Å². The van der Waals surface area contributed by atoms with Crippen LogP contribution in [-0.2, 0) is 0 Å². The van der Waals surface area contributed by atoms with Crippen LogP contribution < -0.4 is 5.56 Å². The molecule has 0 aromatic carbocycles. The predicted octanol–water partition coefficient (Wildman–Crippen LogP) is 5.06. The van der Waals surface area contributed by atoms with Gasteiger partial charge in [-0.05, 0) is 41.6 Å². The molecular weight excluding hydrogens is 424 g/mol. The summed E-state index contributed by atoms with van der Waals surface area (Å²) in [5, 5.41) is 17.8. The van der Waals surface area contributed by atoms with Crippen LogP contribution in [0.1, 0.15) is 56.1 Å². The number of nitrogens with one attached hydrogen (secondary N) is 1. The Hall–Kier alpha value is -2.04. The van der Waals surface area contributed by atoms with E-state index in [1.165, 1.54) is 30.6 Å². The minimum Gasteiger partial charge on any atom is -0.309 e. The average Bonchev–Trinajstić information content (AvgIpc) is 3.48. The van der Waals surface area contributed by atoms with Crippen molar-refractivity contribution in [2.45, 2.75) is 55.5 Å². The van der Waals surface area contributed by atoms with E-state index in [2.05, 4.69) is 20.5 Å². The van der Waals surface area contributed by atoms with Gasteiger partial charge in [0.15, 0.2) is 0 Å². The third kappa shape index (κ3) is 3.64. The number of thiophene rings is 2. The zero-order valence-electron chi connectivity index (χ0n) is 15.9. The lowest BCUT2D eigenvalue weighted by molar-refractivity contribution is 0.307. The number of aromatic amines is 1. The van der Waals surface area contributed by atoms with Gasteiger partial charge in [0.2, 0.25) is 5.16 Å². The third-order valence-electron chi connectivity index (χ3n) is 5.30. The Labute approximate surface area is 179 Å². The van der Waals surface area contributed by atoms with E-state index >= 15 is 0 Å². The molecule has 4 aromatic heterocycles. The molecular formula is C19H20N6OS3. The number of fused-ring (bicyclic) bond motifs is 1. The Bertz CT molecular complexity index is 1170. The largest absolute Gasteiger partial charge is 0.309 e. The van der Waals surface area contributed by atoms with E-state index in [-0.39, 0.29) is 10.8 Å². The summed E-state index contributed by atoms with van der Waals surface area (Å²) < 4.78 is 1.96. The number of thioether (sulfide) groups is 1. The number of hydrogen-bond acceptors (Lipinski definition) is 8. The monoisotopic (exact) mass is 444 g/mol. The van der Waals surface area contributed by atoms with Crippen LogP contribution in [-0.4, -0.2) is 30.2 Å². The van der Waals surface area contributed by atoms with E-state index in [0.29, 0.717) is 17.3 Å². The summed E-state index contributed by atoms with van der Waals surface area (Å²) in [6, 6.07) is 4.39. The van der Waals surface area contributed by atoms with Crippen molar-refractivity contribution in [2.24, 2.45) is 0 Å². The van der Waals surface area contributed by atoms with Gasteiger partial charge >= 0.3 is 0 Å². The van der Waals surface area contributed by atoms with Gasteiger partial charge in [-0.1, -0.05) is 37.1 Å². The maximum Gasteiger partial charge on any atom is 0.260 e. The van der Waals surface area contributed by atoms with E-state index in [4.69, 9.17) is 4.98 Å². The second-order valence-corrected chi connectivity index (χ2v) is 10.3. The predicted molar refractivity (Wildman–Crippen MR) is 118 cm³/mol. The lowest BCUT2D eigenvalue weighted by Crippen LogP contribution is -2.16. The standard InChI is InChI=1S/C19H20N6OS3/c1-11(29-19-22-23-24-25(19)12-6-3-2-4-7-12)16-20-17(26)15-13(10-28-18(15)21-16)14-8-5-9-27-14/h5,8-12H,2-4,6-7H2,1H3,(H,20,21,26)/t11-/m0/s1. The summed E-state index contributed by atoms with van der Waals surface area (Å²) in [6.07, 6.45) is 5.97. The molecule has 4 heterocycles. The highest BCUT2D eigenvalue weighted by Crippen LogP contribution is 2.37. The van der Waals surface area contributed by atoms with Gasteiger partial charge in [0.25, 0.3) is 5.56 Å². The Morgan fingerprint density at radius 1 is 1.28 bits per heavy atom. The highest BCUT2D eigenvalue weighted by atomic mass is 32.2. The van der Waals surface area contributed by atoms with Crippen LogP contribution in [0.4, 0.5) is 0 Å². The van der Waals surface area contributed by atoms with Gasteiger partial charge in [-0.2, -0.15) is 0 Å². The number of tetrazole rings is 1. The molecule has 29 heavy (non-hydrogen) atoms. The molecule has 0 unspecified atom stereocenters. The summed E-state index contributed by atoms with van der Waals surface area (Å²) >= 11 is 4.69. The first-order chi connectivity index (χ1) is 14.2. The summed E-state index contributed by atoms with van der Waals surface area (Å²) in [7, 11) is 0. The number of rotatable bonds is 5. The number of H-pyrrole nitrogens is 1. The molecule has 5 rings (SSSR count). The Morgan fingerprint density at radius 3 is 2.93 bits per heavy atom. The first-order valence-electron chi connectivity index (χ1n) is 9.70. The fourth-order valence-corrected chi connectivity index (χ4v) is 6.49. The molecule has 0 bridgehead atoms. The Balaban J connectivity index is 1.43. The fourth-order valence-electron chi connectivity index (χ4n) is 3.80. The normalized spacial score (nSPS) is 16.4. The molecule has 4 aromatic rings. The van der Waals surface area contributed by atoms with Crippen molar-refractivity contribution in [3.05, 3.63) is 39.1 Å². The molecule has 1 N–H and O–H groups in total. The maximum absolute atomic E-state index is 12.9. The Morgan fingerprint density at radius 2 is 2.14 bits per heavy atom. The molecule has 0 radical (unpaired) electrons. The van der Waals surface area contributed by atoms with Gasteiger partial charge in [0.05, 0.1) is 16.7 Å². The van der Waals surface area contributed by atoms with Gasteiger partial charge in [-0.25, -0.2) is 9.67 Å². The molecule has 1 atom stereocenters. The van der Waals surface area contributed by atoms with E-state index in [1.807, 2.05) is 34.5 Å². The van der Waals surface area contributed by atoms with E-state index in [1.54, 1.807) is 23.1 Å². The van der Waals surface area contributed by atoms with Crippen LogP contribution in [0.5, 0.6) is 0 Å². The van der Waals surface area contributed by atoms with Crippen LogP contribution in [0, 0.1) is 0 Å². The molecule has 0 aliphatic heterocycles. The molecule has 0 saturated heterocycles. The lowest BCUT2D eigenvalue weighted by atomic mass is 9.96. The highest BCUT2D eigenvalue weighted by molar-refractivity contribution is 7.99. The number of aromatic nitrogens is 6. The third-order valence-corrected chi connectivity index (χ3v) is 8.13. The van der Waals surface area contributed by atoms with Crippen molar-refractivity contribution in [1.29, 1.82) is 0 Å². The average molecular weight is 445 g/mol. The Kier molecular flexibility index (Phi) is 5.23. The van der Waals surface area contributed by atoms with Gasteiger partial charge < -0.3 is 4.98 Å². The smallest absolute Gasteiger partial charge is 0.260 e. The molecule has 10 heteroatoms. The zero-order valence-corrected chi connectivity index (χ0v) is 18.3. The van der Waals surface area contributed by atoms with Gasteiger partial charge in [0, 0.05) is 15.8 Å². The topological polar surface area (TPSA) is 89.3 Å². The zero-order chi connectivity index (χ0) is 19.8. The van der Waals surface area contributed by atoms with Gasteiger partial charge in [-0.3, -0.25) is 4.79 Å². The molecule has 1 fully saturated rings. The molecule has 0 spiro atoms. The summed E-state index contributed by atoms with van der Waals surface area (Å²) in [5.74, 6) is 0.658. The molecule has 1 saturated carbocycles. The van der Waals surface area contributed by atoms with Crippen molar-refractivity contribution in [2.75, 3.05) is 0 Å². The molecule has 7 nitrogen and oxygen atoms in total. The van der Waals surface area contributed by atoms with E-state index < -0.39 is 0 Å². The number of nitrogens with zero attached hydrogens (tertiary/aromatic N) is 5. The summed E-state index contributed by atoms with van der Waals surface area (Å²) in [5.41, 5.74) is 0.871. The van der Waals surface area contributed by atoms with Crippen molar-refractivity contribution in [3.8, 4) is 10.4 Å². The first kappa shape index (κ1) is 19.0. The minimum atomic E-state index is -0.0889. The van der Waals surface area contributed by atoms with Crippen molar-refractivity contribution in [3.63, 3.8) is 0 Å². The van der Waals surface area contributed by atoms with Gasteiger partial charge in [0.1, 0.15) is 10.7 Å². The van der Waals surface area contributed by atoms with Crippen molar-refractivity contribution in [1.82, 2.24) is 30.2 Å². The molecule has 1 aliphatic carbocycles. The van der Waals surface area contributed by atoms with Crippen LogP contribution >= 0.6 is 34.4 Å². The quantitative estimate of drug-likeness (QED) is 0.433. The highest BCUT2D eigenvalue weighted by Gasteiger charge is 2.23. The molecule has 150 valence electrons. The lowest BCUT2D eigenvalue weighted by Gasteiger charge is -2.22. The SMILES string of the molecule is C[C@H](Sc1nnnn1C1CCCCC1)c1nc2scc(-c3cccs3)c2c(=O)[nH]1. The summed E-state index contributed by atoms with van der Waals surface area (Å²) in [4.78, 5) is 22.5.